The first-order valence-corrected chi connectivity index (χ1v) is 8.19. The molecular formula is C15H19Cl2N3O3. The van der Waals surface area contributed by atoms with Crippen molar-refractivity contribution >= 4 is 41.0 Å². The third-order valence-corrected chi connectivity index (χ3v) is 4.08. The highest BCUT2D eigenvalue weighted by Crippen LogP contribution is 2.25. The number of piperidine rings is 1. The van der Waals surface area contributed by atoms with Crippen LogP contribution in [0.5, 0.6) is 0 Å². The van der Waals surface area contributed by atoms with E-state index in [1.165, 1.54) is 0 Å². The lowest BCUT2D eigenvalue weighted by Crippen LogP contribution is -2.47. The molecular weight excluding hydrogens is 341 g/mol. The molecule has 1 fully saturated rings. The Morgan fingerprint density at radius 1 is 1.30 bits per heavy atom. The lowest BCUT2D eigenvalue weighted by atomic mass is 10.1. The molecule has 1 aliphatic rings. The van der Waals surface area contributed by atoms with Crippen molar-refractivity contribution in [2.75, 3.05) is 25.0 Å². The van der Waals surface area contributed by atoms with Gasteiger partial charge in [0.2, 0.25) is 0 Å². The van der Waals surface area contributed by atoms with E-state index in [1.807, 2.05) is 0 Å². The minimum atomic E-state index is -0.330. The van der Waals surface area contributed by atoms with Crippen LogP contribution in [0.3, 0.4) is 0 Å². The Morgan fingerprint density at radius 3 is 2.61 bits per heavy atom. The minimum absolute atomic E-state index is 0.00625. The molecule has 1 aromatic carbocycles. The summed E-state index contributed by atoms with van der Waals surface area (Å²) < 4.78 is 4.96. The second-order valence-corrected chi connectivity index (χ2v) is 6.03. The van der Waals surface area contributed by atoms with Crippen LogP contribution in [0, 0.1) is 0 Å². The summed E-state index contributed by atoms with van der Waals surface area (Å²) in [6, 6.07) is 4.54. The van der Waals surface area contributed by atoms with Gasteiger partial charge in [-0.15, -0.1) is 0 Å². The number of anilines is 1. The fourth-order valence-corrected chi connectivity index (χ4v) is 2.81. The highest BCUT2D eigenvalue weighted by Gasteiger charge is 2.24. The van der Waals surface area contributed by atoms with Crippen molar-refractivity contribution in [3.63, 3.8) is 0 Å². The minimum Gasteiger partial charge on any atom is -0.450 e. The van der Waals surface area contributed by atoms with Gasteiger partial charge in [-0.05, 0) is 38.0 Å². The van der Waals surface area contributed by atoms with Gasteiger partial charge in [-0.1, -0.05) is 23.2 Å². The number of halogens is 2. The van der Waals surface area contributed by atoms with Crippen molar-refractivity contribution in [1.82, 2.24) is 10.2 Å². The predicted molar refractivity (Wildman–Crippen MR) is 90.2 cm³/mol. The standard InChI is InChI=1S/C15H19Cl2N3O3/c1-2-23-15(22)20-7-5-11(6-8-20)18-14(21)19-13-4-3-10(16)9-12(13)17/h3-4,9,11H,2,5-8H2,1H3,(H2,18,19,21). The molecule has 2 rings (SSSR count). The second-order valence-electron chi connectivity index (χ2n) is 5.18. The molecule has 8 heteroatoms. The predicted octanol–water partition coefficient (Wildman–Crippen LogP) is 3.74. The van der Waals surface area contributed by atoms with Gasteiger partial charge < -0.3 is 20.3 Å². The van der Waals surface area contributed by atoms with Gasteiger partial charge in [0.25, 0.3) is 0 Å². The number of carbonyl (C=O) groups excluding carboxylic acids is 2. The molecule has 126 valence electrons. The van der Waals surface area contributed by atoms with Gasteiger partial charge in [-0.25, -0.2) is 9.59 Å². The molecule has 0 saturated carbocycles. The van der Waals surface area contributed by atoms with E-state index in [2.05, 4.69) is 10.6 Å². The number of urea groups is 1. The fraction of sp³-hybridized carbons (Fsp3) is 0.467. The first-order chi connectivity index (χ1) is 11.0. The maximum absolute atomic E-state index is 12.0. The Bertz CT molecular complexity index is 575. The van der Waals surface area contributed by atoms with E-state index in [9.17, 15) is 9.59 Å². The number of benzene rings is 1. The summed E-state index contributed by atoms with van der Waals surface area (Å²) in [5.41, 5.74) is 0.498. The van der Waals surface area contributed by atoms with E-state index in [1.54, 1.807) is 30.0 Å². The van der Waals surface area contributed by atoms with E-state index in [0.717, 1.165) is 0 Å². The average Bonchev–Trinajstić information content (AvgIpc) is 2.51. The van der Waals surface area contributed by atoms with Crippen molar-refractivity contribution in [2.24, 2.45) is 0 Å². The molecule has 0 bridgehead atoms. The normalized spacial score (nSPS) is 15.2. The number of nitrogens with zero attached hydrogens (tertiary/aromatic N) is 1. The van der Waals surface area contributed by atoms with Gasteiger partial charge in [0.1, 0.15) is 0 Å². The zero-order chi connectivity index (χ0) is 16.8. The molecule has 2 N–H and O–H groups in total. The molecule has 0 atom stereocenters. The highest BCUT2D eigenvalue weighted by molar-refractivity contribution is 6.36. The summed E-state index contributed by atoms with van der Waals surface area (Å²) in [6.07, 6.45) is 1.06. The van der Waals surface area contributed by atoms with Crippen LogP contribution in [-0.2, 0) is 4.74 Å². The van der Waals surface area contributed by atoms with Crippen LogP contribution in [-0.4, -0.2) is 42.8 Å². The maximum atomic E-state index is 12.0. The van der Waals surface area contributed by atoms with Crippen molar-refractivity contribution in [3.05, 3.63) is 28.2 Å². The lowest BCUT2D eigenvalue weighted by molar-refractivity contribution is 0.0959. The molecule has 0 spiro atoms. The summed E-state index contributed by atoms with van der Waals surface area (Å²) in [5, 5.41) is 6.46. The van der Waals surface area contributed by atoms with Gasteiger partial charge in [-0.3, -0.25) is 0 Å². The Hall–Kier alpha value is -1.66. The first kappa shape index (κ1) is 17.7. The third-order valence-electron chi connectivity index (χ3n) is 3.54. The molecule has 23 heavy (non-hydrogen) atoms. The molecule has 1 saturated heterocycles. The largest absolute Gasteiger partial charge is 0.450 e. The third kappa shape index (κ3) is 5.18. The van der Waals surface area contributed by atoms with Gasteiger partial charge in [0, 0.05) is 24.2 Å². The Kier molecular flexibility index (Phi) is 6.36. The fourth-order valence-electron chi connectivity index (χ4n) is 2.36. The number of likely N-dealkylation sites (tertiary alicyclic amines) is 1. The monoisotopic (exact) mass is 359 g/mol. The molecule has 3 amide bonds. The molecule has 1 aromatic rings. The van der Waals surface area contributed by atoms with Crippen LogP contribution in [0.1, 0.15) is 19.8 Å². The maximum Gasteiger partial charge on any atom is 0.409 e. The van der Waals surface area contributed by atoms with E-state index < -0.39 is 0 Å². The summed E-state index contributed by atoms with van der Waals surface area (Å²) >= 11 is 11.8. The van der Waals surface area contributed by atoms with E-state index in [0.29, 0.717) is 48.3 Å². The van der Waals surface area contributed by atoms with Crippen LogP contribution < -0.4 is 10.6 Å². The number of ether oxygens (including phenoxy) is 1. The summed E-state index contributed by atoms with van der Waals surface area (Å²) in [5.74, 6) is 0. The van der Waals surface area contributed by atoms with E-state index in [4.69, 9.17) is 27.9 Å². The molecule has 1 aliphatic heterocycles. The van der Waals surface area contributed by atoms with Gasteiger partial charge in [0.05, 0.1) is 17.3 Å². The SMILES string of the molecule is CCOC(=O)N1CCC(NC(=O)Nc2ccc(Cl)cc2Cl)CC1. The Balaban J connectivity index is 1.79. The van der Waals surface area contributed by atoms with Crippen molar-refractivity contribution in [2.45, 2.75) is 25.8 Å². The topological polar surface area (TPSA) is 70.7 Å². The van der Waals surface area contributed by atoms with E-state index in [-0.39, 0.29) is 18.2 Å². The van der Waals surface area contributed by atoms with Crippen molar-refractivity contribution in [3.8, 4) is 0 Å². The molecule has 0 aliphatic carbocycles. The first-order valence-electron chi connectivity index (χ1n) is 7.44. The average molecular weight is 360 g/mol. The van der Waals surface area contributed by atoms with Crippen molar-refractivity contribution < 1.29 is 14.3 Å². The summed E-state index contributed by atoms with van der Waals surface area (Å²) in [4.78, 5) is 25.3. The molecule has 6 nitrogen and oxygen atoms in total. The van der Waals surface area contributed by atoms with Gasteiger partial charge in [0.15, 0.2) is 0 Å². The molecule has 0 unspecified atom stereocenters. The van der Waals surface area contributed by atoms with Crippen LogP contribution in [0.4, 0.5) is 15.3 Å². The zero-order valence-electron chi connectivity index (χ0n) is 12.8. The molecule has 0 aromatic heterocycles. The van der Waals surface area contributed by atoms with E-state index >= 15 is 0 Å². The number of nitrogens with one attached hydrogen (secondary N) is 2. The van der Waals surface area contributed by atoms with Crippen LogP contribution in [0.25, 0.3) is 0 Å². The number of rotatable bonds is 3. The van der Waals surface area contributed by atoms with Crippen LogP contribution in [0.15, 0.2) is 18.2 Å². The molecule has 0 radical (unpaired) electrons. The quantitative estimate of drug-likeness (QED) is 0.863. The smallest absolute Gasteiger partial charge is 0.409 e. The zero-order valence-corrected chi connectivity index (χ0v) is 14.3. The highest BCUT2D eigenvalue weighted by atomic mass is 35.5. The van der Waals surface area contributed by atoms with Crippen LogP contribution in [0.2, 0.25) is 10.0 Å². The Morgan fingerprint density at radius 2 is 2.00 bits per heavy atom. The molecule has 1 heterocycles. The van der Waals surface area contributed by atoms with Crippen molar-refractivity contribution in [1.29, 1.82) is 0 Å². The Labute approximate surface area is 145 Å². The lowest BCUT2D eigenvalue weighted by Gasteiger charge is -2.31. The second kappa shape index (κ2) is 8.26. The van der Waals surface area contributed by atoms with Gasteiger partial charge in [-0.2, -0.15) is 0 Å². The van der Waals surface area contributed by atoms with Gasteiger partial charge >= 0.3 is 12.1 Å². The number of hydrogen-bond acceptors (Lipinski definition) is 3. The number of carbonyl (C=O) groups is 2. The number of hydrogen-bond donors (Lipinski definition) is 2. The summed E-state index contributed by atoms with van der Waals surface area (Å²) in [7, 11) is 0. The number of amides is 3. The summed E-state index contributed by atoms with van der Waals surface area (Å²) in [6.45, 7) is 3.26. The van der Waals surface area contributed by atoms with Crippen LogP contribution >= 0.6 is 23.2 Å².